The molecule has 132 valence electrons. The van der Waals surface area contributed by atoms with Crippen LogP contribution in [-0.4, -0.2) is 29.1 Å². The molecule has 8 nitrogen and oxygen atoms in total. The Hall–Kier alpha value is -3.03. The molecule has 2 fully saturated rings. The van der Waals surface area contributed by atoms with Crippen molar-refractivity contribution in [2.24, 2.45) is 11.8 Å². The minimum Gasteiger partial charge on any atom is -0.306 e. The lowest BCUT2D eigenvalue weighted by atomic mass is 10.1. The highest BCUT2D eigenvalue weighted by Gasteiger charge is 2.46. The SMILES string of the molecule is O=c1c(=O)n(C2CC3CC3C2)ccn1Cc1ccc(-n2nccn2)cn1. The monoisotopic (exact) mass is 350 g/mol. The van der Waals surface area contributed by atoms with Crippen molar-refractivity contribution in [3.05, 3.63) is 69.5 Å². The van der Waals surface area contributed by atoms with E-state index in [2.05, 4.69) is 15.2 Å². The third kappa shape index (κ3) is 2.58. The molecule has 26 heavy (non-hydrogen) atoms. The molecular formula is C18H18N6O2. The van der Waals surface area contributed by atoms with E-state index in [1.54, 1.807) is 41.6 Å². The van der Waals surface area contributed by atoms with Gasteiger partial charge in [0.05, 0.1) is 30.8 Å². The average Bonchev–Trinajstić information content (AvgIpc) is 3.05. The maximum Gasteiger partial charge on any atom is 0.316 e. The average molecular weight is 350 g/mol. The van der Waals surface area contributed by atoms with E-state index in [0.29, 0.717) is 5.69 Å². The summed E-state index contributed by atoms with van der Waals surface area (Å²) >= 11 is 0. The van der Waals surface area contributed by atoms with Crippen LogP contribution in [0.4, 0.5) is 0 Å². The molecule has 0 bridgehead atoms. The summed E-state index contributed by atoms with van der Waals surface area (Å²) in [6.07, 6.45) is 11.6. The lowest BCUT2D eigenvalue weighted by Gasteiger charge is -2.16. The van der Waals surface area contributed by atoms with Crippen molar-refractivity contribution in [2.75, 3.05) is 0 Å². The Morgan fingerprint density at radius 2 is 1.73 bits per heavy atom. The van der Waals surface area contributed by atoms with Crippen LogP contribution >= 0.6 is 0 Å². The van der Waals surface area contributed by atoms with Gasteiger partial charge >= 0.3 is 11.1 Å². The van der Waals surface area contributed by atoms with Gasteiger partial charge in [-0.05, 0) is 43.2 Å². The molecule has 2 aliphatic rings. The first-order valence-corrected chi connectivity index (χ1v) is 8.82. The summed E-state index contributed by atoms with van der Waals surface area (Å²) in [5.74, 6) is 1.53. The Balaban J connectivity index is 1.38. The van der Waals surface area contributed by atoms with Crippen molar-refractivity contribution in [1.29, 1.82) is 0 Å². The first kappa shape index (κ1) is 15.2. The lowest BCUT2D eigenvalue weighted by Crippen LogP contribution is -2.42. The van der Waals surface area contributed by atoms with Crippen LogP contribution in [0.3, 0.4) is 0 Å². The van der Waals surface area contributed by atoms with Crippen LogP contribution < -0.4 is 11.1 Å². The highest BCUT2D eigenvalue weighted by atomic mass is 16.2. The Labute approximate surface area is 148 Å². The molecule has 0 aliphatic heterocycles. The number of hydrogen-bond acceptors (Lipinski definition) is 5. The van der Waals surface area contributed by atoms with Crippen LogP contribution in [0.25, 0.3) is 5.69 Å². The molecule has 0 spiro atoms. The second-order valence-corrected chi connectivity index (χ2v) is 7.15. The predicted octanol–water partition coefficient (Wildman–Crippen LogP) is 1.00. The van der Waals surface area contributed by atoms with Crippen LogP contribution in [0.5, 0.6) is 0 Å². The second-order valence-electron chi connectivity index (χ2n) is 7.15. The molecule has 5 rings (SSSR count). The van der Waals surface area contributed by atoms with E-state index in [9.17, 15) is 9.59 Å². The van der Waals surface area contributed by atoms with E-state index >= 15 is 0 Å². The summed E-state index contributed by atoms with van der Waals surface area (Å²) in [5.41, 5.74) is 0.507. The molecule has 0 amide bonds. The normalized spacial score (nSPS) is 23.8. The summed E-state index contributed by atoms with van der Waals surface area (Å²) in [4.78, 5) is 30.8. The Morgan fingerprint density at radius 1 is 0.962 bits per heavy atom. The molecule has 0 radical (unpaired) electrons. The standard InChI is InChI=1S/C18H18N6O2/c25-17-18(26)23(16-8-12-7-13(12)9-16)6-5-22(17)11-14-1-2-15(10-19-14)24-20-3-4-21-24/h1-6,10,12-13,16H,7-9,11H2. The van der Waals surface area contributed by atoms with Gasteiger partial charge in [0.2, 0.25) is 0 Å². The molecule has 0 aromatic carbocycles. The zero-order valence-corrected chi connectivity index (χ0v) is 14.1. The van der Waals surface area contributed by atoms with E-state index in [-0.39, 0.29) is 12.6 Å². The van der Waals surface area contributed by atoms with Gasteiger partial charge in [0, 0.05) is 18.4 Å². The van der Waals surface area contributed by atoms with Crippen molar-refractivity contribution in [3.63, 3.8) is 0 Å². The second kappa shape index (κ2) is 5.76. The van der Waals surface area contributed by atoms with E-state index in [1.807, 2.05) is 6.07 Å². The van der Waals surface area contributed by atoms with Gasteiger partial charge in [0.25, 0.3) is 0 Å². The molecule has 3 heterocycles. The van der Waals surface area contributed by atoms with E-state index in [0.717, 1.165) is 30.4 Å². The van der Waals surface area contributed by atoms with E-state index < -0.39 is 11.1 Å². The fourth-order valence-electron chi connectivity index (χ4n) is 4.00. The van der Waals surface area contributed by atoms with Crippen molar-refractivity contribution in [3.8, 4) is 5.69 Å². The van der Waals surface area contributed by atoms with Gasteiger partial charge < -0.3 is 9.13 Å². The first-order chi connectivity index (χ1) is 12.7. The molecule has 2 aliphatic carbocycles. The van der Waals surface area contributed by atoms with Gasteiger partial charge in [-0.1, -0.05) is 0 Å². The summed E-state index contributed by atoms with van der Waals surface area (Å²) in [6, 6.07) is 3.83. The van der Waals surface area contributed by atoms with E-state index in [4.69, 9.17) is 0 Å². The quantitative estimate of drug-likeness (QED) is 0.655. The molecule has 2 atom stereocenters. The Morgan fingerprint density at radius 3 is 2.42 bits per heavy atom. The van der Waals surface area contributed by atoms with Crippen molar-refractivity contribution in [1.82, 2.24) is 29.1 Å². The topological polar surface area (TPSA) is 87.6 Å². The minimum absolute atomic E-state index is 0.188. The predicted molar refractivity (Wildman–Crippen MR) is 93.1 cm³/mol. The highest BCUT2D eigenvalue weighted by Crippen LogP contribution is 2.55. The zero-order chi connectivity index (χ0) is 17.7. The van der Waals surface area contributed by atoms with E-state index in [1.165, 1.54) is 15.8 Å². The molecule has 2 saturated carbocycles. The number of nitrogens with zero attached hydrogens (tertiary/aromatic N) is 6. The lowest BCUT2D eigenvalue weighted by molar-refractivity contribution is 0.445. The third-order valence-electron chi connectivity index (χ3n) is 5.49. The van der Waals surface area contributed by atoms with Gasteiger partial charge in [-0.15, -0.1) is 0 Å². The summed E-state index contributed by atoms with van der Waals surface area (Å²) < 4.78 is 3.05. The Bertz CT molecular complexity index is 1040. The fraction of sp³-hybridized carbons (Fsp3) is 0.389. The zero-order valence-electron chi connectivity index (χ0n) is 14.1. The molecular weight excluding hydrogens is 332 g/mol. The van der Waals surface area contributed by atoms with Gasteiger partial charge in [0.1, 0.15) is 5.69 Å². The van der Waals surface area contributed by atoms with Gasteiger partial charge in [-0.25, -0.2) is 0 Å². The van der Waals surface area contributed by atoms with Crippen LogP contribution in [0.1, 0.15) is 31.0 Å². The van der Waals surface area contributed by atoms with Crippen LogP contribution in [0, 0.1) is 11.8 Å². The highest BCUT2D eigenvalue weighted by molar-refractivity contribution is 5.26. The molecule has 0 N–H and O–H groups in total. The summed E-state index contributed by atoms with van der Waals surface area (Å²) in [5, 5.41) is 8.10. The molecule has 8 heteroatoms. The Kier molecular flexibility index (Phi) is 3.37. The van der Waals surface area contributed by atoms with Crippen molar-refractivity contribution < 1.29 is 0 Å². The smallest absolute Gasteiger partial charge is 0.306 e. The van der Waals surface area contributed by atoms with Gasteiger partial charge in [-0.2, -0.15) is 15.0 Å². The van der Waals surface area contributed by atoms with Crippen LogP contribution in [-0.2, 0) is 6.54 Å². The van der Waals surface area contributed by atoms with Crippen LogP contribution in [0.2, 0.25) is 0 Å². The number of rotatable bonds is 4. The van der Waals surface area contributed by atoms with Gasteiger partial charge in [-0.3, -0.25) is 14.6 Å². The fourth-order valence-corrected chi connectivity index (χ4v) is 4.00. The largest absolute Gasteiger partial charge is 0.316 e. The number of pyridine rings is 1. The van der Waals surface area contributed by atoms with Crippen molar-refractivity contribution >= 4 is 0 Å². The van der Waals surface area contributed by atoms with Crippen molar-refractivity contribution in [2.45, 2.75) is 31.8 Å². The molecule has 0 saturated heterocycles. The first-order valence-electron chi connectivity index (χ1n) is 8.82. The summed E-state index contributed by atoms with van der Waals surface area (Å²) in [7, 11) is 0. The molecule has 3 aromatic rings. The third-order valence-corrected chi connectivity index (χ3v) is 5.49. The number of aromatic nitrogens is 6. The number of fused-ring (bicyclic) bond motifs is 1. The van der Waals surface area contributed by atoms with Crippen LogP contribution in [0.15, 0.2) is 52.7 Å². The summed E-state index contributed by atoms with van der Waals surface area (Å²) in [6.45, 7) is 0.262. The minimum atomic E-state index is -0.493. The number of hydrogen-bond donors (Lipinski definition) is 0. The maximum absolute atomic E-state index is 12.5. The maximum atomic E-state index is 12.5. The van der Waals surface area contributed by atoms with Gasteiger partial charge in [0.15, 0.2) is 0 Å². The molecule has 2 unspecified atom stereocenters. The molecule has 3 aromatic heterocycles.